The molecule has 0 spiro atoms. The average molecular weight is 280 g/mol. The second-order valence-electron chi connectivity index (χ2n) is 3.62. The lowest BCUT2D eigenvalue weighted by Gasteiger charge is -2.19. The minimum atomic E-state index is -0.251. The third kappa shape index (κ3) is 4.09. The van der Waals surface area contributed by atoms with Crippen molar-refractivity contribution < 1.29 is 14.7 Å². The van der Waals surface area contributed by atoms with E-state index in [-0.39, 0.29) is 25.0 Å². The first kappa shape index (κ1) is 15.2. The van der Waals surface area contributed by atoms with Gasteiger partial charge in [-0.2, -0.15) is 0 Å². The van der Waals surface area contributed by atoms with Gasteiger partial charge in [-0.3, -0.25) is 9.59 Å². The van der Waals surface area contributed by atoms with Gasteiger partial charge in [0.1, 0.15) is 11.5 Å². The van der Waals surface area contributed by atoms with Gasteiger partial charge in [-0.25, -0.2) is 0 Å². The van der Waals surface area contributed by atoms with E-state index in [1.54, 1.807) is 11.4 Å². The average Bonchev–Trinajstić information content (AvgIpc) is 2.89. The maximum absolute atomic E-state index is 12.3. The first-order valence-electron chi connectivity index (χ1n) is 5.81. The summed E-state index contributed by atoms with van der Waals surface area (Å²) in [4.78, 5) is 25.6. The van der Waals surface area contributed by atoms with Crippen LogP contribution >= 0.6 is 11.3 Å². The lowest BCUT2D eigenvalue weighted by molar-refractivity contribution is -0.121. The molecule has 1 aromatic rings. The number of carbonyl (C=O) groups is 2. The van der Waals surface area contributed by atoms with Gasteiger partial charge < -0.3 is 15.3 Å². The van der Waals surface area contributed by atoms with E-state index >= 15 is 0 Å². The van der Waals surface area contributed by atoms with Crippen molar-refractivity contribution in [3.05, 3.63) is 21.9 Å². The molecule has 6 heteroatoms. The summed E-state index contributed by atoms with van der Waals surface area (Å²) in [6.45, 7) is 2.03. The van der Waals surface area contributed by atoms with Crippen molar-refractivity contribution >= 4 is 23.2 Å². The minimum absolute atomic E-state index is 0.0244. The Balaban J connectivity index is 2.91. The quantitative estimate of drug-likeness (QED) is 0.779. The Kier molecular flexibility index (Phi) is 6.06. The van der Waals surface area contributed by atoms with Crippen molar-refractivity contribution in [3.8, 4) is 11.8 Å². The summed E-state index contributed by atoms with van der Waals surface area (Å²) < 4.78 is 0. The molecule has 0 aromatic carbocycles. The van der Waals surface area contributed by atoms with Gasteiger partial charge in [0.15, 0.2) is 0 Å². The van der Waals surface area contributed by atoms with Gasteiger partial charge in [-0.15, -0.1) is 11.3 Å². The van der Waals surface area contributed by atoms with Crippen LogP contribution in [0.5, 0.6) is 0 Å². The lowest BCUT2D eigenvalue weighted by Crippen LogP contribution is -2.39. The van der Waals surface area contributed by atoms with E-state index < -0.39 is 0 Å². The zero-order valence-electron chi connectivity index (χ0n) is 10.9. The summed E-state index contributed by atoms with van der Waals surface area (Å²) in [5, 5.41) is 12.9. The number of carbonyl (C=O) groups excluding carboxylic acids is 2. The van der Waals surface area contributed by atoms with Crippen LogP contribution in [0.2, 0.25) is 0 Å². The number of hydrogen-bond acceptors (Lipinski definition) is 4. The number of aliphatic hydroxyl groups excluding tert-OH is 1. The largest absolute Gasteiger partial charge is 0.384 e. The van der Waals surface area contributed by atoms with Crippen molar-refractivity contribution in [3.63, 3.8) is 0 Å². The molecule has 1 rings (SSSR count). The molecule has 0 fully saturated rings. The molecule has 1 heterocycles. The number of thiophene rings is 1. The highest BCUT2D eigenvalue weighted by Gasteiger charge is 2.20. The number of nitrogens with zero attached hydrogens (tertiary/aromatic N) is 1. The SMILES string of the molecule is CCN(CC(=O)NC)C(=O)c1sccc1C#CCO. The zero-order chi connectivity index (χ0) is 14.3. The molecule has 0 radical (unpaired) electrons. The summed E-state index contributed by atoms with van der Waals surface area (Å²) in [6.07, 6.45) is 0. The van der Waals surface area contributed by atoms with Crippen molar-refractivity contribution in [2.75, 3.05) is 26.7 Å². The molecule has 102 valence electrons. The van der Waals surface area contributed by atoms with Crippen LogP contribution in [0, 0.1) is 11.8 Å². The summed E-state index contributed by atoms with van der Waals surface area (Å²) >= 11 is 1.28. The van der Waals surface area contributed by atoms with E-state index in [4.69, 9.17) is 5.11 Å². The highest BCUT2D eigenvalue weighted by molar-refractivity contribution is 7.12. The first-order valence-corrected chi connectivity index (χ1v) is 6.69. The van der Waals surface area contributed by atoms with Crippen molar-refractivity contribution in [1.29, 1.82) is 0 Å². The number of hydrogen-bond donors (Lipinski definition) is 2. The molecule has 0 saturated carbocycles. The monoisotopic (exact) mass is 280 g/mol. The Morgan fingerprint density at radius 1 is 1.53 bits per heavy atom. The van der Waals surface area contributed by atoms with E-state index in [0.717, 1.165) is 0 Å². The van der Waals surface area contributed by atoms with E-state index in [1.807, 2.05) is 6.92 Å². The van der Waals surface area contributed by atoms with E-state index in [2.05, 4.69) is 17.2 Å². The molecule has 0 aliphatic heterocycles. The molecule has 1 aromatic heterocycles. The molecule has 0 atom stereocenters. The molecule has 2 N–H and O–H groups in total. The van der Waals surface area contributed by atoms with E-state index in [9.17, 15) is 9.59 Å². The summed E-state index contributed by atoms with van der Waals surface area (Å²) in [5.41, 5.74) is 0.583. The lowest BCUT2D eigenvalue weighted by atomic mass is 10.2. The third-order valence-corrected chi connectivity index (χ3v) is 3.35. The highest BCUT2D eigenvalue weighted by atomic mass is 32.1. The van der Waals surface area contributed by atoms with Gasteiger partial charge in [0.25, 0.3) is 5.91 Å². The van der Waals surface area contributed by atoms with Crippen LogP contribution in [0.1, 0.15) is 22.2 Å². The predicted molar refractivity (Wildman–Crippen MR) is 73.9 cm³/mol. The van der Waals surface area contributed by atoms with Gasteiger partial charge in [-0.1, -0.05) is 11.8 Å². The zero-order valence-corrected chi connectivity index (χ0v) is 11.7. The number of rotatable bonds is 4. The Hall–Kier alpha value is -1.84. The standard InChI is InChI=1S/C13H16N2O3S/c1-3-15(9-11(17)14-2)13(18)12-10(5-4-7-16)6-8-19-12/h6,8,16H,3,7,9H2,1-2H3,(H,14,17). The molecule has 5 nitrogen and oxygen atoms in total. The number of amides is 2. The van der Waals surface area contributed by atoms with Crippen LogP contribution in [0.4, 0.5) is 0 Å². The number of aliphatic hydroxyl groups is 1. The second-order valence-corrected chi connectivity index (χ2v) is 4.53. The van der Waals surface area contributed by atoms with Gasteiger partial charge >= 0.3 is 0 Å². The molecule has 0 aliphatic carbocycles. The summed E-state index contributed by atoms with van der Waals surface area (Å²) in [5.74, 6) is 4.82. The smallest absolute Gasteiger partial charge is 0.265 e. The molecular formula is C13H16N2O3S. The van der Waals surface area contributed by atoms with Crippen LogP contribution < -0.4 is 5.32 Å². The van der Waals surface area contributed by atoms with Crippen LogP contribution in [-0.4, -0.2) is 48.6 Å². The molecular weight excluding hydrogens is 264 g/mol. The minimum Gasteiger partial charge on any atom is -0.384 e. The first-order chi connectivity index (χ1) is 9.13. The summed E-state index contributed by atoms with van der Waals surface area (Å²) in [7, 11) is 1.53. The van der Waals surface area contributed by atoms with Gasteiger partial charge in [0, 0.05) is 19.2 Å². The maximum atomic E-state index is 12.3. The second kappa shape index (κ2) is 7.56. The van der Waals surface area contributed by atoms with Crippen molar-refractivity contribution in [1.82, 2.24) is 10.2 Å². The molecule has 19 heavy (non-hydrogen) atoms. The van der Waals surface area contributed by atoms with Crippen LogP contribution in [-0.2, 0) is 4.79 Å². The van der Waals surface area contributed by atoms with Gasteiger partial charge in [0.2, 0.25) is 5.91 Å². The molecule has 0 saturated heterocycles. The Morgan fingerprint density at radius 2 is 2.26 bits per heavy atom. The molecule has 0 unspecified atom stereocenters. The maximum Gasteiger partial charge on any atom is 0.265 e. The van der Waals surface area contributed by atoms with E-state index in [1.165, 1.54) is 23.3 Å². The normalized spacial score (nSPS) is 9.42. The Bertz CT molecular complexity index is 513. The predicted octanol–water partition coefficient (Wildman–Crippen LogP) is 0.300. The number of nitrogens with one attached hydrogen (secondary N) is 1. The van der Waals surface area contributed by atoms with E-state index in [0.29, 0.717) is 17.0 Å². The molecule has 0 aliphatic rings. The van der Waals surface area contributed by atoms with Crippen LogP contribution in [0.3, 0.4) is 0 Å². The highest BCUT2D eigenvalue weighted by Crippen LogP contribution is 2.18. The van der Waals surface area contributed by atoms with Crippen molar-refractivity contribution in [2.45, 2.75) is 6.92 Å². The van der Waals surface area contributed by atoms with Crippen molar-refractivity contribution in [2.24, 2.45) is 0 Å². The topological polar surface area (TPSA) is 69.6 Å². The van der Waals surface area contributed by atoms with Crippen LogP contribution in [0.25, 0.3) is 0 Å². The fraction of sp³-hybridized carbons (Fsp3) is 0.385. The van der Waals surface area contributed by atoms with Gasteiger partial charge in [0.05, 0.1) is 6.54 Å². The number of likely N-dealkylation sites (N-methyl/N-ethyl adjacent to an activating group) is 2. The fourth-order valence-electron chi connectivity index (χ4n) is 1.43. The summed E-state index contributed by atoms with van der Waals surface area (Å²) in [6, 6.07) is 1.73. The Morgan fingerprint density at radius 3 is 2.84 bits per heavy atom. The fourth-order valence-corrected chi connectivity index (χ4v) is 2.25. The molecule has 0 bridgehead atoms. The third-order valence-electron chi connectivity index (χ3n) is 2.44. The van der Waals surface area contributed by atoms with Crippen LogP contribution in [0.15, 0.2) is 11.4 Å². The Labute approximate surface area is 116 Å². The molecule has 2 amide bonds. The van der Waals surface area contributed by atoms with Gasteiger partial charge in [-0.05, 0) is 18.4 Å².